The molecule has 1 aliphatic heterocycles. The number of nitrogens with one attached hydrogen (secondary N) is 1. The van der Waals surface area contributed by atoms with Crippen LogP contribution in [0.4, 0.5) is 0 Å². The number of carbonyl (C=O) groups excluding carboxylic acids is 1. The summed E-state index contributed by atoms with van der Waals surface area (Å²) in [7, 11) is -3.85. The van der Waals surface area contributed by atoms with Crippen LogP contribution in [0.3, 0.4) is 0 Å². The molecule has 8 heteroatoms. The van der Waals surface area contributed by atoms with Crippen LogP contribution in [0.5, 0.6) is 11.5 Å². The number of ether oxygens (including phenoxy) is 2. The molecule has 0 saturated heterocycles. The van der Waals surface area contributed by atoms with Crippen molar-refractivity contribution in [3.05, 3.63) is 17.2 Å². The summed E-state index contributed by atoms with van der Waals surface area (Å²) in [6.45, 7) is 4.22. The quantitative estimate of drug-likeness (QED) is 0.901. The summed E-state index contributed by atoms with van der Waals surface area (Å²) in [5.41, 5.74) is 0. The van der Waals surface area contributed by atoms with Crippen molar-refractivity contribution >= 4 is 27.3 Å². The highest BCUT2D eigenvalue weighted by Crippen LogP contribution is 2.37. The van der Waals surface area contributed by atoms with Gasteiger partial charge in [-0.1, -0.05) is 11.6 Å². The second-order valence-corrected chi connectivity index (χ2v) is 7.27. The van der Waals surface area contributed by atoms with E-state index in [0.717, 1.165) is 0 Å². The van der Waals surface area contributed by atoms with Crippen molar-refractivity contribution < 1.29 is 22.7 Å². The van der Waals surface area contributed by atoms with Crippen molar-refractivity contribution in [2.75, 3.05) is 19.0 Å². The molecule has 1 aromatic rings. The molecule has 6 nitrogen and oxygen atoms in total. The monoisotopic (exact) mass is 333 g/mol. The Labute approximate surface area is 128 Å². The van der Waals surface area contributed by atoms with Crippen molar-refractivity contribution in [3.63, 3.8) is 0 Å². The molecule has 2 rings (SSSR count). The molecule has 116 valence electrons. The molecule has 0 aliphatic carbocycles. The maximum absolute atomic E-state index is 12.3. The van der Waals surface area contributed by atoms with Gasteiger partial charge in [0.05, 0.1) is 9.92 Å². The van der Waals surface area contributed by atoms with E-state index in [9.17, 15) is 13.2 Å². The van der Waals surface area contributed by atoms with Crippen LogP contribution < -0.4 is 14.8 Å². The van der Waals surface area contributed by atoms with E-state index in [1.165, 1.54) is 12.1 Å². The predicted molar refractivity (Wildman–Crippen MR) is 77.8 cm³/mol. The smallest absolute Gasteiger partial charge is 0.235 e. The lowest BCUT2D eigenvalue weighted by atomic mass is 10.3. The van der Waals surface area contributed by atoms with Crippen molar-refractivity contribution in [2.45, 2.75) is 24.8 Å². The average Bonchev–Trinajstić information content (AvgIpc) is 2.35. The van der Waals surface area contributed by atoms with Gasteiger partial charge in [0.25, 0.3) is 0 Å². The largest absolute Gasteiger partial charge is 0.486 e. The molecule has 1 heterocycles. The fraction of sp³-hybridized carbons (Fsp3) is 0.462. The number of amides is 1. The maximum atomic E-state index is 12.3. The summed E-state index contributed by atoms with van der Waals surface area (Å²) in [5.74, 6) is -0.522. The Bertz CT molecular complexity index is 657. The fourth-order valence-electron chi connectivity index (χ4n) is 1.90. The molecule has 0 atom stereocenters. The van der Waals surface area contributed by atoms with Gasteiger partial charge in [-0.25, -0.2) is 8.42 Å². The van der Waals surface area contributed by atoms with Gasteiger partial charge in [0.1, 0.15) is 19.0 Å². The third-order valence-electron chi connectivity index (χ3n) is 2.70. The van der Waals surface area contributed by atoms with E-state index in [1.807, 2.05) is 0 Å². The first-order valence-corrected chi connectivity index (χ1v) is 8.44. The molecule has 1 N–H and O–H groups in total. The Balaban J connectivity index is 2.29. The van der Waals surface area contributed by atoms with E-state index in [0.29, 0.717) is 24.7 Å². The highest BCUT2D eigenvalue weighted by molar-refractivity contribution is 7.92. The summed E-state index contributed by atoms with van der Waals surface area (Å²) in [5, 5.41) is 2.54. The zero-order valence-corrected chi connectivity index (χ0v) is 13.3. The Morgan fingerprint density at radius 1 is 1.29 bits per heavy atom. The summed E-state index contributed by atoms with van der Waals surface area (Å²) in [6.07, 6.45) is 0. The molecule has 0 spiro atoms. The van der Waals surface area contributed by atoms with Crippen LogP contribution in [-0.2, 0) is 14.6 Å². The minimum absolute atomic E-state index is 0.0107. The molecule has 1 amide bonds. The van der Waals surface area contributed by atoms with Crippen LogP contribution in [0, 0.1) is 0 Å². The third-order valence-corrected chi connectivity index (χ3v) is 4.78. The van der Waals surface area contributed by atoms with Gasteiger partial charge in [0.15, 0.2) is 21.3 Å². The summed E-state index contributed by atoms with van der Waals surface area (Å²) < 4.78 is 35.2. The molecular formula is C13H16ClNO5S. The third kappa shape index (κ3) is 3.79. The number of sulfone groups is 1. The molecule has 21 heavy (non-hydrogen) atoms. The number of fused-ring (bicyclic) bond motifs is 1. The zero-order chi connectivity index (χ0) is 15.6. The van der Waals surface area contributed by atoms with Gasteiger partial charge < -0.3 is 14.8 Å². The van der Waals surface area contributed by atoms with E-state index < -0.39 is 21.5 Å². The lowest BCUT2D eigenvalue weighted by Crippen LogP contribution is -2.35. The standard InChI is InChI=1S/C13H16ClNO5S/c1-8(2)15-13(16)7-21(17,18)12-6-11-10(5-9(12)14)19-3-4-20-11/h5-6,8H,3-4,7H2,1-2H3,(H,15,16). The SMILES string of the molecule is CC(C)NC(=O)CS(=O)(=O)c1cc2c(cc1Cl)OCCO2. The van der Waals surface area contributed by atoms with Gasteiger partial charge in [-0.05, 0) is 13.8 Å². The van der Waals surface area contributed by atoms with Crippen molar-refractivity contribution in [2.24, 2.45) is 0 Å². The maximum Gasteiger partial charge on any atom is 0.235 e. The first kappa shape index (κ1) is 15.9. The molecule has 0 saturated carbocycles. The van der Waals surface area contributed by atoms with Crippen LogP contribution in [0.15, 0.2) is 17.0 Å². The van der Waals surface area contributed by atoms with Crippen LogP contribution in [0.1, 0.15) is 13.8 Å². The number of hydrogen-bond acceptors (Lipinski definition) is 5. The zero-order valence-electron chi connectivity index (χ0n) is 11.7. The van der Waals surface area contributed by atoms with Gasteiger partial charge >= 0.3 is 0 Å². The van der Waals surface area contributed by atoms with Gasteiger partial charge in [0, 0.05) is 18.2 Å². The van der Waals surface area contributed by atoms with Crippen molar-refractivity contribution in [1.29, 1.82) is 0 Å². The summed E-state index contributed by atoms with van der Waals surface area (Å²) in [6, 6.07) is 2.56. The number of halogens is 1. The lowest BCUT2D eigenvalue weighted by Gasteiger charge is -2.19. The van der Waals surface area contributed by atoms with Gasteiger partial charge in [-0.2, -0.15) is 0 Å². The van der Waals surface area contributed by atoms with Crippen molar-refractivity contribution in [3.8, 4) is 11.5 Å². The van der Waals surface area contributed by atoms with Crippen LogP contribution in [0.25, 0.3) is 0 Å². The van der Waals surface area contributed by atoms with E-state index in [-0.39, 0.29) is 16.0 Å². The van der Waals surface area contributed by atoms with E-state index >= 15 is 0 Å². The highest BCUT2D eigenvalue weighted by atomic mass is 35.5. The summed E-state index contributed by atoms with van der Waals surface area (Å²) >= 11 is 5.99. The second-order valence-electron chi connectivity index (χ2n) is 4.91. The van der Waals surface area contributed by atoms with Gasteiger partial charge in [-0.3, -0.25) is 4.79 Å². The molecule has 0 radical (unpaired) electrons. The summed E-state index contributed by atoms with van der Waals surface area (Å²) in [4.78, 5) is 11.5. The number of hydrogen-bond donors (Lipinski definition) is 1. The molecular weight excluding hydrogens is 318 g/mol. The normalized spacial score (nSPS) is 14.1. The Kier molecular flexibility index (Phi) is 4.63. The highest BCUT2D eigenvalue weighted by Gasteiger charge is 2.26. The first-order valence-electron chi connectivity index (χ1n) is 6.41. The molecule has 1 aromatic carbocycles. The van der Waals surface area contributed by atoms with Gasteiger partial charge in [-0.15, -0.1) is 0 Å². The average molecular weight is 334 g/mol. The van der Waals surface area contributed by atoms with E-state index in [2.05, 4.69) is 5.32 Å². The van der Waals surface area contributed by atoms with Crippen LogP contribution in [-0.4, -0.2) is 39.3 Å². The second kappa shape index (κ2) is 6.11. The molecule has 1 aliphatic rings. The topological polar surface area (TPSA) is 81.7 Å². The lowest BCUT2D eigenvalue weighted by molar-refractivity contribution is -0.119. The number of carbonyl (C=O) groups is 1. The minimum Gasteiger partial charge on any atom is -0.486 e. The molecule has 0 bridgehead atoms. The molecule has 0 fully saturated rings. The van der Waals surface area contributed by atoms with Crippen molar-refractivity contribution in [1.82, 2.24) is 5.32 Å². The Hall–Kier alpha value is -1.47. The number of benzene rings is 1. The minimum atomic E-state index is -3.85. The number of rotatable bonds is 4. The Morgan fingerprint density at radius 3 is 2.43 bits per heavy atom. The van der Waals surface area contributed by atoms with E-state index in [4.69, 9.17) is 21.1 Å². The first-order chi connectivity index (χ1) is 9.79. The Morgan fingerprint density at radius 2 is 1.86 bits per heavy atom. The van der Waals surface area contributed by atoms with E-state index in [1.54, 1.807) is 13.8 Å². The van der Waals surface area contributed by atoms with Crippen LogP contribution >= 0.6 is 11.6 Å². The molecule has 0 unspecified atom stereocenters. The van der Waals surface area contributed by atoms with Gasteiger partial charge in [0.2, 0.25) is 5.91 Å². The van der Waals surface area contributed by atoms with Crippen LogP contribution in [0.2, 0.25) is 5.02 Å². The fourth-order valence-corrected chi connectivity index (χ4v) is 3.63. The molecule has 0 aromatic heterocycles. The predicted octanol–water partition coefficient (Wildman–Crippen LogP) is 1.41.